The second kappa shape index (κ2) is 8.01. The molecule has 1 aliphatic carbocycles. The maximum Gasteiger partial charge on any atom is 0.235 e. The number of halogens is 1. The van der Waals surface area contributed by atoms with E-state index in [0.29, 0.717) is 22.1 Å². The maximum atomic E-state index is 13.4. The summed E-state index contributed by atoms with van der Waals surface area (Å²) in [6.07, 6.45) is 3.52. The predicted octanol–water partition coefficient (Wildman–Crippen LogP) is 4.76. The van der Waals surface area contributed by atoms with E-state index in [4.69, 9.17) is 16.3 Å². The average molecular weight is 387 g/mol. The van der Waals surface area contributed by atoms with Crippen molar-refractivity contribution in [3.63, 3.8) is 0 Å². The van der Waals surface area contributed by atoms with Crippen molar-refractivity contribution in [2.24, 2.45) is 0 Å². The Hall–Kier alpha value is -2.53. The number of carbonyl (C=O) groups is 2. The molecule has 6 heteroatoms. The van der Waals surface area contributed by atoms with Crippen LogP contribution in [0, 0.1) is 0 Å². The summed E-state index contributed by atoms with van der Waals surface area (Å²) in [7, 11) is 1.55. The lowest BCUT2D eigenvalue weighted by Gasteiger charge is -2.29. The smallest absolute Gasteiger partial charge is 0.235 e. The number of rotatable bonds is 5. The van der Waals surface area contributed by atoms with Gasteiger partial charge in [-0.25, -0.2) is 0 Å². The van der Waals surface area contributed by atoms with Crippen LogP contribution < -0.4 is 15.4 Å². The van der Waals surface area contributed by atoms with E-state index in [2.05, 4.69) is 10.6 Å². The highest BCUT2D eigenvalue weighted by Gasteiger charge is 2.43. The molecule has 27 heavy (non-hydrogen) atoms. The Labute approximate surface area is 164 Å². The number of amides is 2. The molecule has 2 aromatic rings. The molecule has 0 bridgehead atoms. The third kappa shape index (κ3) is 4.08. The van der Waals surface area contributed by atoms with Crippen molar-refractivity contribution in [3.8, 4) is 5.75 Å². The molecule has 2 aromatic carbocycles. The molecule has 0 spiro atoms. The van der Waals surface area contributed by atoms with Gasteiger partial charge in [-0.15, -0.1) is 0 Å². The molecule has 0 radical (unpaired) electrons. The van der Waals surface area contributed by atoms with Crippen LogP contribution in [0.2, 0.25) is 5.02 Å². The topological polar surface area (TPSA) is 67.4 Å². The second-order valence-corrected chi connectivity index (χ2v) is 7.29. The lowest BCUT2D eigenvalue weighted by atomic mass is 9.78. The summed E-state index contributed by atoms with van der Waals surface area (Å²) in [5.41, 5.74) is 1.45. The summed E-state index contributed by atoms with van der Waals surface area (Å²) >= 11 is 6.18. The number of hydrogen-bond acceptors (Lipinski definition) is 3. The van der Waals surface area contributed by atoms with Crippen molar-refractivity contribution < 1.29 is 14.3 Å². The van der Waals surface area contributed by atoms with Gasteiger partial charge in [0.25, 0.3) is 0 Å². The maximum absolute atomic E-state index is 13.4. The number of benzene rings is 2. The second-order valence-electron chi connectivity index (χ2n) is 6.85. The third-order valence-electron chi connectivity index (χ3n) is 5.04. The van der Waals surface area contributed by atoms with Gasteiger partial charge in [0.1, 0.15) is 5.75 Å². The molecule has 0 aliphatic heterocycles. The molecular weight excluding hydrogens is 364 g/mol. The zero-order valence-corrected chi connectivity index (χ0v) is 16.2. The largest absolute Gasteiger partial charge is 0.495 e. The van der Waals surface area contributed by atoms with Gasteiger partial charge in [-0.05, 0) is 48.7 Å². The number of nitrogens with one attached hydrogen (secondary N) is 2. The lowest BCUT2D eigenvalue weighted by Crippen LogP contribution is -2.38. The van der Waals surface area contributed by atoms with Crippen LogP contribution in [0.15, 0.2) is 42.5 Å². The van der Waals surface area contributed by atoms with Gasteiger partial charge in [0.15, 0.2) is 0 Å². The Morgan fingerprint density at radius 1 is 1.07 bits per heavy atom. The molecule has 0 saturated heterocycles. The first-order valence-electron chi connectivity index (χ1n) is 8.98. The predicted molar refractivity (Wildman–Crippen MR) is 108 cm³/mol. The van der Waals surface area contributed by atoms with E-state index in [0.717, 1.165) is 31.2 Å². The van der Waals surface area contributed by atoms with Crippen LogP contribution in [0.5, 0.6) is 5.75 Å². The Kier molecular flexibility index (Phi) is 5.71. The van der Waals surface area contributed by atoms with E-state index in [1.54, 1.807) is 25.3 Å². The summed E-state index contributed by atoms with van der Waals surface area (Å²) in [6, 6.07) is 12.7. The quantitative estimate of drug-likeness (QED) is 0.778. The van der Waals surface area contributed by atoms with E-state index in [-0.39, 0.29) is 11.8 Å². The van der Waals surface area contributed by atoms with Crippen molar-refractivity contribution in [2.45, 2.75) is 38.0 Å². The summed E-state index contributed by atoms with van der Waals surface area (Å²) in [5.74, 6) is 0.279. The fourth-order valence-corrected chi connectivity index (χ4v) is 3.93. The van der Waals surface area contributed by atoms with Crippen molar-refractivity contribution in [1.29, 1.82) is 0 Å². The number of carbonyl (C=O) groups excluding carboxylic acids is 2. The van der Waals surface area contributed by atoms with Crippen LogP contribution in [0.3, 0.4) is 0 Å². The molecule has 1 fully saturated rings. The zero-order valence-electron chi connectivity index (χ0n) is 15.5. The molecule has 3 rings (SSSR count). The normalized spacial score (nSPS) is 15.2. The van der Waals surface area contributed by atoms with Crippen molar-refractivity contribution >= 4 is 34.8 Å². The fraction of sp³-hybridized carbons (Fsp3) is 0.333. The van der Waals surface area contributed by atoms with Gasteiger partial charge in [-0.1, -0.05) is 36.6 Å². The van der Waals surface area contributed by atoms with Gasteiger partial charge in [0, 0.05) is 17.6 Å². The number of anilines is 2. The minimum absolute atomic E-state index is 0.0828. The van der Waals surface area contributed by atoms with Gasteiger partial charge in [-0.2, -0.15) is 0 Å². The molecule has 0 atom stereocenters. The zero-order chi connectivity index (χ0) is 19.4. The molecule has 1 saturated carbocycles. The van der Waals surface area contributed by atoms with E-state index in [1.165, 1.54) is 6.92 Å². The van der Waals surface area contributed by atoms with Gasteiger partial charge in [0.2, 0.25) is 11.8 Å². The van der Waals surface area contributed by atoms with E-state index >= 15 is 0 Å². The van der Waals surface area contributed by atoms with E-state index < -0.39 is 5.41 Å². The molecule has 2 amide bonds. The van der Waals surface area contributed by atoms with Gasteiger partial charge < -0.3 is 15.4 Å². The molecule has 2 N–H and O–H groups in total. The van der Waals surface area contributed by atoms with Gasteiger partial charge in [0.05, 0.1) is 18.2 Å². The van der Waals surface area contributed by atoms with Crippen LogP contribution in [-0.4, -0.2) is 18.9 Å². The van der Waals surface area contributed by atoms with Crippen molar-refractivity contribution in [1.82, 2.24) is 0 Å². The lowest BCUT2D eigenvalue weighted by molar-refractivity contribution is -0.121. The van der Waals surface area contributed by atoms with Crippen molar-refractivity contribution in [3.05, 3.63) is 53.1 Å². The Balaban J connectivity index is 1.94. The van der Waals surface area contributed by atoms with Crippen LogP contribution >= 0.6 is 11.6 Å². The third-order valence-corrected chi connectivity index (χ3v) is 5.27. The minimum atomic E-state index is -0.611. The minimum Gasteiger partial charge on any atom is -0.495 e. The summed E-state index contributed by atoms with van der Waals surface area (Å²) in [6.45, 7) is 1.44. The van der Waals surface area contributed by atoms with E-state index in [1.807, 2.05) is 24.3 Å². The standard InChI is InChI=1S/C21H23ClN2O3/c1-14(25)23-17-8-9-19(27-2)18(13-17)24-20(26)21(10-3-4-11-21)15-6-5-7-16(22)12-15/h5-9,12-13H,3-4,10-11H2,1-2H3,(H,23,25)(H,24,26). The number of ether oxygens (including phenoxy) is 1. The fourth-order valence-electron chi connectivity index (χ4n) is 3.74. The summed E-state index contributed by atoms with van der Waals surface area (Å²) < 4.78 is 5.38. The molecular formula is C21H23ClN2O3. The molecule has 5 nitrogen and oxygen atoms in total. The molecule has 0 aromatic heterocycles. The molecule has 0 heterocycles. The first kappa shape index (κ1) is 19.2. The van der Waals surface area contributed by atoms with Crippen LogP contribution in [0.1, 0.15) is 38.2 Å². The molecule has 1 aliphatic rings. The monoisotopic (exact) mass is 386 g/mol. The number of hydrogen-bond donors (Lipinski definition) is 2. The van der Waals surface area contributed by atoms with E-state index in [9.17, 15) is 9.59 Å². The summed E-state index contributed by atoms with van der Waals surface area (Å²) in [4.78, 5) is 24.7. The van der Waals surface area contributed by atoms with Crippen LogP contribution in [0.4, 0.5) is 11.4 Å². The van der Waals surface area contributed by atoms with Gasteiger partial charge in [-0.3, -0.25) is 9.59 Å². The first-order valence-corrected chi connectivity index (χ1v) is 9.35. The molecule has 0 unspecified atom stereocenters. The number of methoxy groups -OCH3 is 1. The van der Waals surface area contributed by atoms with Crippen LogP contribution in [0.25, 0.3) is 0 Å². The van der Waals surface area contributed by atoms with Crippen molar-refractivity contribution in [2.75, 3.05) is 17.7 Å². The highest BCUT2D eigenvalue weighted by Crippen LogP contribution is 2.43. The Morgan fingerprint density at radius 3 is 2.44 bits per heavy atom. The van der Waals surface area contributed by atoms with Gasteiger partial charge >= 0.3 is 0 Å². The highest BCUT2D eigenvalue weighted by molar-refractivity contribution is 6.30. The Bertz CT molecular complexity index is 860. The molecule has 142 valence electrons. The SMILES string of the molecule is COc1ccc(NC(C)=O)cc1NC(=O)C1(c2cccc(Cl)c2)CCCC1. The average Bonchev–Trinajstić information content (AvgIpc) is 3.13. The first-order chi connectivity index (χ1) is 12.9. The Morgan fingerprint density at radius 2 is 1.81 bits per heavy atom. The van der Waals surface area contributed by atoms with Crippen LogP contribution in [-0.2, 0) is 15.0 Å². The summed E-state index contributed by atoms with van der Waals surface area (Å²) in [5, 5.41) is 6.36. The highest BCUT2D eigenvalue weighted by atomic mass is 35.5.